The number of carbonyl (C=O) groups excluding carboxylic acids is 1. The van der Waals surface area contributed by atoms with Crippen LogP contribution in [0.25, 0.3) is 0 Å². The van der Waals surface area contributed by atoms with Gasteiger partial charge in [0.25, 0.3) is 0 Å². The number of hydrogen-bond acceptors (Lipinski definition) is 4. The maximum Gasteiger partial charge on any atom is 0.220 e. The van der Waals surface area contributed by atoms with Crippen molar-refractivity contribution < 1.29 is 20.1 Å². The van der Waals surface area contributed by atoms with Gasteiger partial charge in [0.2, 0.25) is 5.91 Å². The molecule has 0 aromatic carbocycles. The fourth-order valence-electron chi connectivity index (χ4n) is 9.73. The fourth-order valence-corrected chi connectivity index (χ4v) is 9.73. The van der Waals surface area contributed by atoms with Gasteiger partial charge in [0.15, 0.2) is 0 Å². The van der Waals surface area contributed by atoms with Crippen molar-refractivity contribution >= 4 is 5.91 Å². The molecular formula is C63H121NO4. The molecule has 0 aromatic rings. The topological polar surface area (TPSA) is 89.8 Å². The summed E-state index contributed by atoms with van der Waals surface area (Å²) in [6, 6.07) is -0.826. The van der Waals surface area contributed by atoms with Crippen LogP contribution in [0.5, 0.6) is 0 Å². The zero-order valence-corrected chi connectivity index (χ0v) is 46.0. The summed E-state index contributed by atoms with van der Waals surface area (Å²) in [6.07, 6.45) is 76.1. The maximum atomic E-state index is 12.5. The highest BCUT2D eigenvalue weighted by molar-refractivity contribution is 5.76. The molecule has 0 aromatic heterocycles. The summed E-state index contributed by atoms with van der Waals surface area (Å²) in [7, 11) is 0. The Hall–Kier alpha value is -1.43. The lowest BCUT2D eigenvalue weighted by Crippen LogP contribution is -2.50. The molecule has 0 aliphatic heterocycles. The average molecular weight is 957 g/mol. The van der Waals surface area contributed by atoms with E-state index >= 15 is 0 Å². The lowest BCUT2D eigenvalue weighted by atomic mass is 10.0. The molecule has 0 aliphatic carbocycles. The summed E-state index contributed by atoms with van der Waals surface area (Å²) < 4.78 is 0. The van der Waals surface area contributed by atoms with Crippen LogP contribution in [0.3, 0.4) is 0 Å². The third-order valence-corrected chi connectivity index (χ3v) is 14.5. The third-order valence-electron chi connectivity index (χ3n) is 14.5. The SMILES string of the molecule is CCCCCCCCCCC/C=C\C/C=C\CCCCCCCCCCCCCCCCCCCC(=O)NC(CO)C(O)C(O)CCC/C=C/CCCCCCCCCCCCCCCCCC. The third kappa shape index (κ3) is 52.4. The van der Waals surface area contributed by atoms with E-state index in [1.807, 2.05) is 0 Å². The van der Waals surface area contributed by atoms with Gasteiger partial charge in [0.1, 0.15) is 6.10 Å². The number of amides is 1. The van der Waals surface area contributed by atoms with Crippen molar-refractivity contribution in [1.29, 1.82) is 0 Å². The molecule has 0 spiro atoms. The number of aliphatic hydroxyl groups excluding tert-OH is 3. The summed E-state index contributed by atoms with van der Waals surface area (Å²) in [5, 5.41) is 33.8. The summed E-state index contributed by atoms with van der Waals surface area (Å²) in [4.78, 5) is 12.5. The van der Waals surface area contributed by atoms with Crippen molar-refractivity contribution in [1.82, 2.24) is 5.32 Å². The minimum absolute atomic E-state index is 0.149. The molecule has 0 rings (SSSR count). The highest BCUT2D eigenvalue weighted by atomic mass is 16.3. The Morgan fingerprint density at radius 2 is 0.632 bits per heavy atom. The van der Waals surface area contributed by atoms with Gasteiger partial charge < -0.3 is 20.6 Å². The Kier molecular flexibility index (Phi) is 56.9. The van der Waals surface area contributed by atoms with E-state index in [0.29, 0.717) is 12.8 Å². The number of hydrogen-bond donors (Lipinski definition) is 4. The van der Waals surface area contributed by atoms with Crippen LogP contribution in [0.15, 0.2) is 36.5 Å². The number of allylic oxidation sites excluding steroid dienone is 6. The molecular weight excluding hydrogens is 835 g/mol. The molecule has 3 unspecified atom stereocenters. The van der Waals surface area contributed by atoms with Gasteiger partial charge in [-0.25, -0.2) is 0 Å². The molecule has 4 N–H and O–H groups in total. The minimum Gasteiger partial charge on any atom is -0.394 e. The van der Waals surface area contributed by atoms with Gasteiger partial charge in [0, 0.05) is 6.42 Å². The van der Waals surface area contributed by atoms with Crippen molar-refractivity contribution in [3.63, 3.8) is 0 Å². The lowest BCUT2D eigenvalue weighted by molar-refractivity contribution is -0.124. The van der Waals surface area contributed by atoms with E-state index in [1.165, 1.54) is 263 Å². The molecule has 0 bridgehead atoms. The van der Waals surface area contributed by atoms with E-state index in [4.69, 9.17) is 0 Å². The van der Waals surface area contributed by atoms with E-state index in [-0.39, 0.29) is 12.5 Å². The van der Waals surface area contributed by atoms with E-state index in [2.05, 4.69) is 55.6 Å². The van der Waals surface area contributed by atoms with E-state index in [0.717, 1.165) is 44.9 Å². The van der Waals surface area contributed by atoms with E-state index in [1.54, 1.807) is 0 Å². The van der Waals surface area contributed by atoms with Crippen LogP contribution in [-0.2, 0) is 4.79 Å². The average Bonchev–Trinajstić information content (AvgIpc) is 3.34. The molecule has 0 heterocycles. The van der Waals surface area contributed by atoms with Crippen molar-refractivity contribution in [2.45, 2.75) is 353 Å². The van der Waals surface area contributed by atoms with Gasteiger partial charge in [-0.3, -0.25) is 4.79 Å². The van der Waals surface area contributed by atoms with Crippen molar-refractivity contribution in [2.24, 2.45) is 0 Å². The summed E-state index contributed by atoms with van der Waals surface area (Å²) in [6.45, 7) is 4.20. The summed E-state index contributed by atoms with van der Waals surface area (Å²) in [5.41, 5.74) is 0. The molecule has 0 fully saturated rings. The van der Waals surface area contributed by atoms with Gasteiger partial charge in [-0.15, -0.1) is 0 Å². The first kappa shape index (κ1) is 66.6. The number of nitrogens with one attached hydrogen (secondary N) is 1. The lowest BCUT2D eigenvalue weighted by Gasteiger charge is -2.26. The molecule has 0 aliphatic rings. The molecule has 0 saturated heterocycles. The maximum absolute atomic E-state index is 12.5. The van der Waals surface area contributed by atoms with Crippen LogP contribution in [0.4, 0.5) is 0 Å². The number of rotatable bonds is 57. The monoisotopic (exact) mass is 956 g/mol. The van der Waals surface area contributed by atoms with Crippen LogP contribution in [0, 0.1) is 0 Å². The van der Waals surface area contributed by atoms with E-state index in [9.17, 15) is 20.1 Å². The van der Waals surface area contributed by atoms with Crippen LogP contribution >= 0.6 is 0 Å². The summed E-state index contributed by atoms with van der Waals surface area (Å²) >= 11 is 0. The highest BCUT2D eigenvalue weighted by Gasteiger charge is 2.26. The first-order valence-electron chi connectivity index (χ1n) is 30.8. The van der Waals surface area contributed by atoms with Crippen molar-refractivity contribution in [3.05, 3.63) is 36.5 Å². The van der Waals surface area contributed by atoms with Crippen LogP contribution in [-0.4, -0.2) is 46.1 Å². The molecule has 402 valence electrons. The number of unbranched alkanes of at least 4 members (excludes halogenated alkanes) is 43. The normalized spacial score (nSPS) is 13.4. The standard InChI is InChI=1S/C63H121NO4/c1-3-5-7-9-11-13-15-17-19-21-23-25-26-27-28-29-30-31-32-33-34-35-36-38-40-42-44-46-48-50-52-54-56-58-62(67)64-60(59-65)63(68)61(66)57-55-53-51-49-47-45-43-41-39-37-24-22-20-18-16-14-12-10-8-6-4-2/h23,25,27-28,49,51,60-61,63,65-66,68H,3-22,24,26,29-48,50,52-59H2,1-2H3,(H,64,67)/b25-23-,28-27-,51-49+. The fraction of sp³-hybridized carbons (Fsp3) is 0.889. The molecule has 68 heavy (non-hydrogen) atoms. The minimum atomic E-state index is -1.16. The molecule has 0 saturated carbocycles. The van der Waals surface area contributed by atoms with Crippen LogP contribution in [0.2, 0.25) is 0 Å². The predicted molar refractivity (Wildman–Crippen MR) is 301 cm³/mol. The second-order valence-electron chi connectivity index (χ2n) is 21.3. The van der Waals surface area contributed by atoms with Gasteiger partial charge >= 0.3 is 0 Å². The zero-order chi connectivity index (χ0) is 49.3. The molecule has 5 heteroatoms. The number of aliphatic hydroxyl groups is 3. The van der Waals surface area contributed by atoms with Gasteiger partial charge in [-0.05, 0) is 70.6 Å². The predicted octanol–water partition coefficient (Wildman–Crippen LogP) is 19.4. The largest absolute Gasteiger partial charge is 0.394 e. The van der Waals surface area contributed by atoms with Gasteiger partial charge in [-0.2, -0.15) is 0 Å². The Morgan fingerprint density at radius 1 is 0.368 bits per heavy atom. The van der Waals surface area contributed by atoms with Crippen LogP contribution < -0.4 is 5.32 Å². The highest BCUT2D eigenvalue weighted by Crippen LogP contribution is 2.18. The van der Waals surface area contributed by atoms with Crippen LogP contribution in [0.1, 0.15) is 335 Å². The molecule has 1 amide bonds. The molecule has 5 nitrogen and oxygen atoms in total. The van der Waals surface area contributed by atoms with Gasteiger partial charge in [0.05, 0.1) is 18.8 Å². The Labute approximate surface area is 425 Å². The second-order valence-corrected chi connectivity index (χ2v) is 21.3. The van der Waals surface area contributed by atoms with E-state index < -0.39 is 18.2 Å². The number of carbonyl (C=O) groups is 1. The van der Waals surface area contributed by atoms with Crippen molar-refractivity contribution in [2.75, 3.05) is 6.61 Å². The quantitative estimate of drug-likeness (QED) is 0.0361. The first-order valence-corrected chi connectivity index (χ1v) is 30.8. The summed E-state index contributed by atoms with van der Waals surface area (Å²) in [5.74, 6) is -0.149. The zero-order valence-electron chi connectivity index (χ0n) is 46.0. The Balaban J connectivity index is 3.52. The second kappa shape index (κ2) is 58.1. The van der Waals surface area contributed by atoms with Crippen molar-refractivity contribution in [3.8, 4) is 0 Å². The smallest absolute Gasteiger partial charge is 0.220 e. The van der Waals surface area contributed by atoms with Gasteiger partial charge in [-0.1, -0.05) is 294 Å². The molecule has 0 radical (unpaired) electrons. The first-order chi connectivity index (χ1) is 33.6. The molecule has 3 atom stereocenters. The Morgan fingerprint density at radius 3 is 0.941 bits per heavy atom. The Bertz CT molecular complexity index is 1060.